The predicted molar refractivity (Wildman–Crippen MR) is 66.1 cm³/mol. The predicted octanol–water partition coefficient (Wildman–Crippen LogP) is 0.763. The molecule has 0 aromatic carbocycles. The number of hydrazine groups is 1. The number of rotatable bonds is 5. The Balaban J connectivity index is 2.39. The van der Waals surface area contributed by atoms with Crippen molar-refractivity contribution in [2.24, 2.45) is 10.8 Å². The van der Waals surface area contributed by atoms with Gasteiger partial charge in [-0.15, -0.1) is 0 Å². The van der Waals surface area contributed by atoms with E-state index in [4.69, 9.17) is 10.6 Å². The molecule has 0 heterocycles. The van der Waals surface area contributed by atoms with Gasteiger partial charge in [0.05, 0.1) is 12.1 Å². The summed E-state index contributed by atoms with van der Waals surface area (Å²) in [6, 6.07) is 0.335. The Hall–Kier alpha value is -0.810. The summed E-state index contributed by atoms with van der Waals surface area (Å²) in [7, 11) is 1.76. The van der Waals surface area contributed by atoms with E-state index in [-0.39, 0.29) is 6.10 Å². The molecule has 94 valence electrons. The van der Waals surface area contributed by atoms with E-state index in [2.05, 4.69) is 22.7 Å². The minimum absolute atomic E-state index is 0.282. The molecule has 0 aliphatic heterocycles. The Morgan fingerprint density at radius 3 is 2.94 bits per heavy atom. The molecular weight excluding hydrogens is 204 g/mol. The molecule has 5 nitrogen and oxygen atoms in total. The summed E-state index contributed by atoms with van der Waals surface area (Å²) >= 11 is 0. The number of aliphatic imine (C=N–C) groups is 1. The lowest BCUT2D eigenvalue weighted by atomic mass is 10.2. The highest BCUT2D eigenvalue weighted by atomic mass is 16.5. The highest BCUT2D eigenvalue weighted by Gasteiger charge is 2.27. The molecule has 1 fully saturated rings. The molecule has 4 N–H and O–H groups in total. The van der Waals surface area contributed by atoms with Crippen LogP contribution in [0.4, 0.5) is 0 Å². The molecule has 0 aromatic heterocycles. The van der Waals surface area contributed by atoms with E-state index in [1.54, 1.807) is 7.11 Å². The number of guanidine groups is 1. The zero-order chi connectivity index (χ0) is 11.8. The molecule has 2 unspecified atom stereocenters. The zero-order valence-electron chi connectivity index (χ0n) is 10.3. The van der Waals surface area contributed by atoms with Gasteiger partial charge in [0.1, 0.15) is 0 Å². The number of nitrogens with one attached hydrogen (secondary N) is 2. The molecule has 5 heteroatoms. The lowest BCUT2D eigenvalue weighted by Gasteiger charge is -2.21. The zero-order valence-corrected chi connectivity index (χ0v) is 10.3. The summed E-state index contributed by atoms with van der Waals surface area (Å²) in [5.74, 6) is 6.12. The van der Waals surface area contributed by atoms with Crippen LogP contribution in [0.3, 0.4) is 0 Å². The van der Waals surface area contributed by atoms with Gasteiger partial charge in [-0.25, -0.2) is 5.84 Å². The molecule has 0 radical (unpaired) electrons. The fourth-order valence-electron chi connectivity index (χ4n) is 2.03. The van der Waals surface area contributed by atoms with Crippen molar-refractivity contribution in [2.45, 2.75) is 51.2 Å². The van der Waals surface area contributed by atoms with Crippen LogP contribution in [0.15, 0.2) is 4.99 Å². The normalized spacial score (nSPS) is 25.8. The average molecular weight is 228 g/mol. The molecule has 2 atom stereocenters. The van der Waals surface area contributed by atoms with Crippen molar-refractivity contribution >= 4 is 5.96 Å². The van der Waals surface area contributed by atoms with Gasteiger partial charge in [0, 0.05) is 13.7 Å². The monoisotopic (exact) mass is 228 g/mol. The van der Waals surface area contributed by atoms with E-state index in [1.165, 1.54) is 6.42 Å². The van der Waals surface area contributed by atoms with Crippen molar-refractivity contribution in [3.8, 4) is 0 Å². The van der Waals surface area contributed by atoms with Gasteiger partial charge in [-0.3, -0.25) is 10.4 Å². The van der Waals surface area contributed by atoms with Gasteiger partial charge in [0.25, 0.3) is 0 Å². The summed E-state index contributed by atoms with van der Waals surface area (Å²) in [6.45, 7) is 2.96. The molecular formula is C11H24N4O. The van der Waals surface area contributed by atoms with Crippen LogP contribution in [-0.4, -0.2) is 31.8 Å². The van der Waals surface area contributed by atoms with Gasteiger partial charge in [-0.05, 0) is 25.7 Å². The smallest absolute Gasteiger partial charge is 0.206 e. The van der Waals surface area contributed by atoms with Crippen LogP contribution in [0.5, 0.6) is 0 Å². The Kier molecular flexibility index (Phi) is 6.18. The molecule has 0 aromatic rings. The molecule has 0 spiro atoms. The maximum atomic E-state index is 5.44. The third kappa shape index (κ3) is 3.98. The van der Waals surface area contributed by atoms with Crippen LogP contribution in [-0.2, 0) is 4.74 Å². The van der Waals surface area contributed by atoms with Crippen LogP contribution in [0, 0.1) is 0 Å². The Morgan fingerprint density at radius 1 is 1.50 bits per heavy atom. The van der Waals surface area contributed by atoms with Crippen LogP contribution in [0.1, 0.15) is 39.0 Å². The summed E-state index contributed by atoms with van der Waals surface area (Å²) in [6.07, 6.45) is 5.94. The third-order valence-corrected chi connectivity index (χ3v) is 3.00. The Morgan fingerprint density at radius 2 is 2.31 bits per heavy atom. The first-order valence-electron chi connectivity index (χ1n) is 6.12. The number of hydrogen-bond acceptors (Lipinski definition) is 3. The first-order valence-corrected chi connectivity index (χ1v) is 6.12. The van der Waals surface area contributed by atoms with Crippen LogP contribution in [0.2, 0.25) is 0 Å². The molecule has 16 heavy (non-hydrogen) atoms. The Labute approximate surface area is 97.8 Å². The van der Waals surface area contributed by atoms with Gasteiger partial charge in [0.15, 0.2) is 0 Å². The third-order valence-electron chi connectivity index (χ3n) is 3.00. The van der Waals surface area contributed by atoms with Crippen LogP contribution in [0.25, 0.3) is 0 Å². The number of nitrogens with zero attached hydrogens (tertiary/aromatic N) is 1. The SMILES string of the molecule is CCCCN=C(NN)NC1CCCC1OC. The fraction of sp³-hybridized carbons (Fsp3) is 0.909. The number of nitrogens with two attached hydrogens (primary N) is 1. The largest absolute Gasteiger partial charge is 0.379 e. The lowest BCUT2D eigenvalue weighted by molar-refractivity contribution is 0.0905. The highest BCUT2D eigenvalue weighted by molar-refractivity contribution is 5.79. The summed E-state index contributed by atoms with van der Waals surface area (Å²) < 4.78 is 5.41. The molecule has 0 amide bonds. The van der Waals surface area contributed by atoms with Crippen LogP contribution < -0.4 is 16.6 Å². The van der Waals surface area contributed by atoms with E-state index < -0.39 is 0 Å². The summed E-state index contributed by atoms with van der Waals surface area (Å²) in [5.41, 5.74) is 2.62. The maximum Gasteiger partial charge on any atom is 0.206 e. The lowest BCUT2D eigenvalue weighted by Crippen LogP contribution is -2.49. The fourth-order valence-corrected chi connectivity index (χ4v) is 2.03. The Bertz CT molecular complexity index is 220. The van der Waals surface area contributed by atoms with Crippen molar-refractivity contribution in [2.75, 3.05) is 13.7 Å². The van der Waals surface area contributed by atoms with E-state index in [0.29, 0.717) is 12.0 Å². The first-order chi connectivity index (χ1) is 7.81. The average Bonchev–Trinajstić information content (AvgIpc) is 2.75. The summed E-state index contributed by atoms with van der Waals surface area (Å²) in [4.78, 5) is 4.38. The van der Waals surface area contributed by atoms with Gasteiger partial charge in [-0.2, -0.15) is 0 Å². The molecule has 1 saturated carbocycles. The molecule has 1 aliphatic rings. The number of ether oxygens (including phenoxy) is 1. The molecule has 0 saturated heterocycles. The van der Waals surface area contributed by atoms with Crippen molar-refractivity contribution in [3.05, 3.63) is 0 Å². The second-order valence-corrected chi connectivity index (χ2v) is 4.18. The van der Waals surface area contributed by atoms with Crippen LogP contribution >= 0.6 is 0 Å². The number of hydrogen-bond donors (Lipinski definition) is 3. The van der Waals surface area contributed by atoms with Crippen molar-refractivity contribution in [1.29, 1.82) is 0 Å². The molecule has 1 aliphatic carbocycles. The minimum atomic E-state index is 0.282. The van der Waals surface area contributed by atoms with E-state index >= 15 is 0 Å². The van der Waals surface area contributed by atoms with Crippen molar-refractivity contribution in [3.63, 3.8) is 0 Å². The van der Waals surface area contributed by atoms with E-state index in [9.17, 15) is 0 Å². The molecule has 0 bridgehead atoms. The number of unbranched alkanes of at least 4 members (excludes halogenated alkanes) is 1. The second kappa shape index (κ2) is 7.46. The van der Waals surface area contributed by atoms with E-state index in [0.717, 1.165) is 32.2 Å². The standard InChI is InChI=1S/C11H24N4O/c1-3-4-8-13-11(15-12)14-9-6-5-7-10(9)16-2/h9-10H,3-8,12H2,1-2H3,(H2,13,14,15). The van der Waals surface area contributed by atoms with Gasteiger partial charge < -0.3 is 10.1 Å². The minimum Gasteiger partial charge on any atom is -0.379 e. The van der Waals surface area contributed by atoms with Crippen molar-refractivity contribution < 1.29 is 4.74 Å². The maximum absolute atomic E-state index is 5.44. The summed E-state index contributed by atoms with van der Waals surface area (Å²) in [5, 5.41) is 3.31. The second-order valence-electron chi connectivity index (χ2n) is 4.18. The molecule has 1 rings (SSSR count). The number of methoxy groups -OCH3 is 1. The first kappa shape index (κ1) is 13.3. The van der Waals surface area contributed by atoms with E-state index in [1.807, 2.05) is 0 Å². The van der Waals surface area contributed by atoms with Gasteiger partial charge >= 0.3 is 0 Å². The highest BCUT2D eigenvalue weighted by Crippen LogP contribution is 2.21. The quantitative estimate of drug-likeness (QED) is 0.214. The van der Waals surface area contributed by atoms with Gasteiger partial charge in [-0.1, -0.05) is 13.3 Å². The van der Waals surface area contributed by atoms with Crippen molar-refractivity contribution in [1.82, 2.24) is 10.7 Å². The topological polar surface area (TPSA) is 71.7 Å². The van der Waals surface area contributed by atoms with Gasteiger partial charge in [0.2, 0.25) is 5.96 Å².